The number of aliphatic imine (C=N–C) groups is 1. The molecule has 0 amide bonds. The lowest BCUT2D eigenvalue weighted by molar-refractivity contribution is 0.229. The molecule has 0 bridgehead atoms. The molecule has 0 N–H and O–H groups in total. The maximum Gasteiger partial charge on any atom is 0.186 e. The first-order valence-electron chi connectivity index (χ1n) is 5.26. The van der Waals surface area contributed by atoms with Gasteiger partial charge in [0.05, 0.1) is 6.04 Å². The first kappa shape index (κ1) is 11.3. The SMILES string of the molecule is C=CC[C@H](C)C1=N[C@@H](C(C)(C)C)CO1. The Kier molecular flexibility index (Phi) is 3.35. The van der Waals surface area contributed by atoms with Gasteiger partial charge < -0.3 is 4.74 Å². The van der Waals surface area contributed by atoms with E-state index in [0.29, 0.717) is 12.0 Å². The van der Waals surface area contributed by atoms with E-state index in [1.807, 2.05) is 6.08 Å². The van der Waals surface area contributed by atoms with Gasteiger partial charge in [-0.05, 0) is 11.8 Å². The Labute approximate surface area is 87.1 Å². The largest absolute Gasteiger partial charge is 0.478 e. The third-order valence-electron chi connectivity index (χ3n) is 2.61. The zero-order valence-corrected chi connectivity index (χ0v) is 9.71. The van der Waals surface area contributed by atoms with E-state index in [1.165, 1.54) is 0 Å². The molecule has 0 fully saturated rings. The molecule has 0 aromatic heterocycles. The molecule has 2 heteroatoms. The molecule has 2 atom stereocenters. The Hall–Kier alpha value is -0.790. The summed E-state index contributed by atoms with van der Waals surface area (Å²) in [5, 5.41) is 0. The van der Waals surface area contributed by atoms with Crippen LogP contribution in [0, 0.1) is 11.3 Å². The lowest BCUT2D eigenvalue weighted by Crippen LogP contribution is -2.25. The Bertz CT molecular complexity index is 237. The minimum Gasteiger partial charge on any atom is -0.478 e. The highest BCUT2D eigenvalue weighted by Gasteiger charge is 2.31. The monoisotopic (exact) mass is 195 g/mol. The molecule has 0 aliphatic carbocycles. The van der Waals surface area contributed by atoms with E-state index >= 15 is 0 Å². The molecule has 0 saturated heterocycles. The zero-order valence-electron chi connectivity index (χ0n) is 9.71. The first-order valence-corrected chi connectivity index (χ1v) is 5.26. The fourth-order valence-electron chi connectivity index (χ4n) is 1.46. The minimum absolute atomic E-state index is 0.204. The zero-order chi connectivity index (χ0) is 10.8. The molecule has 0 saturated carbocycles. The van der Waals surface area contributed by atoms with Crippen molar-refractivity contribution in [1.29, 1.82) is 0 Å². The van der Waals surface area contributed by atoms with E-state index in [4.69, 9.17) is 4.74 Å². The van der Waals surface area contributed by atoms with Crippen molar-refractivity contribution >= 4 is 5.90 Å². The summed E-state index contributed by atoms with van der Waals surface area (Å²) in [4.78, 5) is 4.62. The summed E-state index contributed by atoms with van der Waals surface area (Å²) in [6.45, 7) is 13.2. The molecule has 0 unspecified atom stereocenters. The van der Waals surface area contributed by atoms with Gasteiger partial charge in [-0.3, -0.25) is 0 Å². The van der Waals surface area contributed by atoms with Gasteiger partial charge in [0, 0.05) is 5.92 Å². The molecule has 0 aromatic carbocycles. The smallest absolute Gasteiger partial charge is 0.186 e. The molecule has 0 aromatic rings. The van der Waals surface area contributed by atoms with Crippen molar-refractivity contribution < 1.29 is 4.74 Å². The lowest BCUT2D eigenvalue weighted by Gasteiger charge is -2.21. The average molecular weight is 195 g/mol. The lowest BCUT2D eigenvalue weighted by atomic mass is 9.88. The number of nitrogens with zero attached hydrogens (tertiary/aromatic N) is 1. The molecule has 0 radical (unpaired) electrons. The second-order valence-corrected chi connectivity index (χ2v) is 5.09. The van der Waals surface area contributed by atoms with Gasteiger partial charge in [-0.25, -0.2) is 4.99 Å². The van der Waals surface area contributed by atoms with Crippen LogP contribution in [0.2, 0.25) is 0 Å². The fourth-order valence-corrected chi connectivity index (χ4v) is 1.46. The molecule has 1 rings (SSSR count). The van der Waals surface area contributed by atoms with Crippen molar-refractivity contribution in [2.24, 2.45) is 16.3 Å². The Morgan fingerprint density at radius 3 is 2.71 bits per heavy atom. The third-order valence-corrected chi connectivity index (χ3v) is 2.61. The second kappa shape index (κ2) is 4.16. The van der Waals surface area contributed by atoms with Crippen molar-refractivity contribution in [2.75, 3.05) is 6.61 Å². The van der Waals surface area contributed by atoms with Crippen LogP contribution in [0.5, 0.6) is 0 Å². The van der Waals surface area contributed by atoms with Gasteiger partial charge in [0.25, 0.3) is 0 Å². The van der Waals surface area contributed by atoms with E-state index in [9.17, 15) is 0 Å². The standard InChI is InChI=1S/C12H21NO/c1-6-7-9(2)11-13-10(8-14-11)12(3,4)5/h6,9-10H,1,7-8H2,2-5H3/t9-,10+/m0/s1. The number of rotatable bonds is 3. The topological polar surface area (TPSA) is 21.6 Å². The van der Waals surface area contributed by atoms with Gasteiger partial charge in [0.1, 0.15) is 6.61 Å². The molecular formula is C12H21NO. The predicted molar refractivity (Wildman–Crippen MR) is 60.6 cm³/mol. The Morgan fingerprint density at radius 1 is 1.64 bits per heavy atom. The van der Waals surface area contributed by atoms with E-state index in [1.54, 1.807) is 0 Å². The van der Waals surface area contributed by atoms with Gasteiger partial charge in [0.15, 0.2) is 5.90 Å². The number of allylic oxidation sites excluding steroid dienone is 1. The van der Waals surface area contributed by atoms with Crippen LogP contribution in [0.4, 0.5) is 0 Å². The highest BCUT2D eigenvalue weighted by molar-refractivity contribution is 5.80. The normalized spacial score (nSPS) is 24.0. The fraction of sp³-hybridized carbons (Fsp3) is 0.750. The van der Waals surface area contributed by atoms with Crippen molar-refractivity contribution in [3.05, 3.63) is 12.7 Å². The predicted octanol–water partition coefficient (Wildman–Crippen LogP) is 3.04. The molecular weight excluding hydrogens is 174 g/mol. The minimum atomic E-state index is 0.204. The van der Waals surface area contributed by atoms with Gasteiger partial charge in [0.2, 0.25) is 0 Å². The quantitative estimate of drug-likeness (QED) is 0.634. The van der Waals surface area contributed by atoms with Crippen LogP contribution < -0.4 is 0 Å². The summed E-state index contributed by atoms with van der Waals surface area (Å²) in [6.07, 6.45) is 2.86. The van der Waals surface area contributed by atoms with Crippen molar-refractivity contribution in [3.63, 3.8) is 0 Å². The van der Waals surface area contributed by atoms with E-state index in [0.717, 1.165) is 18.9 Å². The van der Waals surface area contributed by atoms with Crippen LogP contribution in [0.3, 0.4) is 0 Å². The molecule has 14 heavy (non-hydrogen) atoms. The van der Waals surface area contributed by atoms with Gasteiger partial charge in [-0.2, -0.15) is 0 Å². The summed E-state index contributed by atoms with van der Waals surface area (Å²) < 4.78 is 5.61. The van der Waals surface area contributed by atoms with Crippen molar-refractivity contribution in [1.82, 2.24) is 0 Å². The van der Waals surface area contributed by atoms with Gasteiger partial charge >= 0.3 is 0 Å². The second-order valence-electron chi connectivity index (χ2n) is 5.09. The van der Waals surface area contributed by atoms with Crippen LogP contribution in [0.1, 0.15) is 34.1 Å². The van der Waals surface area contributed by atoms with E-state index in [2.05, 4.69) is 39.3 Å². The van der Waals surface area contributed by atoms with Crippen LogP contribution in [0.15, 0.2) is 17.6 Å². The first-order chi connectivity index (χ1) is 6.45. The maximum absolute atomic E-state index is 5.61. The molecule has 1 aliphatic heterocycles. The van der Waals surface area contributed by atoms with Crippen molar-refractivity contribution in [2.45, 2.75) is 40.2 Å². The summed E-state index contributed by atoms with van der Waals surface area (Å²) in [5.74, 6) is 1.28. The highest BCUT2D eigenvalue weighted by atomic mass is 16.5. The van der Waals surface area contributed by atoms with Crippen LogP contribution >= 0.6 is 0 Å². The maximum atomic E-state index is 5.61. The van der Waals surface area contributed by atoms with Crippen molar-refractivity contribution in [3.8, 4) is 0 Å². The molecule has 1 aliphatic rings. The van der Waals surface area contributed by atoms with Crippen LogP contribution in [-0.4, -0.2) is 18.5 Å². The third kappa shape index (κ3) is 2.60. The summed E-state index contributed by atoms with van der Waals surface area (Å²) >= 11 is 0. The Balaban J connectivity index is 2.62. The summed E-state index contributed by atoms with van der Waals surface area (Å²) in [7, 11) is 0. The molecule has 80 valence electrons. The molecule has 2 nitrogen and oxygen atoms in total. The van der Waals surface area contributed by atoms with E-state index in [-0.39, 0.29) is 5.41 Å². The number of ether oxygens (including phenoxy) is 1. The number of hydrogen-bond acceptors (Lipinski definition) is 2. The highest BCUT2D eigenvalue weighted by Crippen LogP contribution is 2.27. The van der Waals surface area contributed by atoms with Crippen LogP contribution in [0.25, 0.3) is 0 Å². The van der Waals surface area contributed by atoms with Gasteiger partial charge in [-0.1, -0.05) is 33.8 Å². The molecule has 1 heterocycles. The van der Waals surface area contributed by atoms with Gasteiger partial charge in [-0.15, -0.1) is 6.58 Å². The summed E-state index contributed by atoms with van der Waals surface area (Å²) in [6, 6.07) is 0.310. The average Bonchev–Trinajstić information content (AvgIpc) is 2.51. The number of hydrogen-bond donors (Lipinski definition) is 0. The summed E-state index contributed by atoms with van der Waals surface area (Å²) in [5.41, 5.74) is 0.204. The van der Waals surface area contributed by atoms with Crippen LogP contribution in [-0.2, 0) is 4.74 Å². The Morgan fingerprint density at radius 2 is 2.29 bits per heavy atom. The van der Waals surface area contributed by atoms with E-state index < -0.39 is 0 Å². The molecule has 0 spiro atoms.